The van der Waals surface area contributed by atoms with E-state index < -0.39 is 0 Å². The van der Waals surface area contributed by atoms with Crippen molar-refractivity contribution >= 4 is 6.03 Å². The highest BCUT2D eigenvalue weighted by Gasteiger charge is 2.11. The van der Waals surface area contributed by atoms with Gasteiger partial charge in [0.15, 0.2) is 0 Å². The Kier molecular flexibility index (Phi) is 4.11. The Balaban J connectivity index is 2.11. The van der Waals surface area contributed by atoms with Crippen LogP contribution in [0, 0.1) is 0 Å². The molecule has 5 nitrogen and oxygen atoms in total. The van der Waals surface area contributed by atoms with E-state index in [1.807, 2.05) is 6.08 Å². The molecule has 1 unspecified atom stereocenters. The van der Waals surface area contributed by atoms with Crippen molar-refractivity contribution in [2.45, 2.75) is 18.9 Å². The fraction of sp³-hybridized carbons (Fsp3) is 0.625. The van der Waals surface area contributed by atoms with Gasteiger partial charge in [-0.3, -0.25) is 4.84 Å². The van der Waals surface area contributed by atoms with Crippen LogP contribution in [0.2, 0.25) is 0 Å². The normalized spacial score (nSPS) is 20.5. The lowest BCUT2D eigenvalue weighted by molar-refractivity contribution is 0.0971. The third kappa shape index (κ3) is 3.80. The van der Waals surface area contributed by atoms with Crippen LogP contribution >= 0.6 is 0 Å². The van der Waals surface area contributed by atoms with Gasteiger partial charge in [0.05, 0.1) is 19.9 Å². The van der Waals surface area contributed by atoms with Gasteiger partial charge in [0.2, 0.25) is 0 Å². The number of hydrogen-bond donors (Lipinski definition) is 2. The van der Waals surface area contributed by atoms with Crippen LogP contribution in [0.5, 0.6) is 0 Å². The predicted octanol–water partition coefficient (Wildman–Crippen LogP) is 0.540. The van der Waals surface area contributed by atoms with E-state index in [0.717, 1.165) is 12.8 Å². The summed E-state index contributed by atoms with van der Waals surface area (Å²) in [6.07, 6.45) is 5.64. The summed E-state index contributed by atoms with van der Waals surface area (Å²) in [5.74, 6) is 0. The summed E-state index contributed by atoms with van der Waals surface area (Å²) in [4.78, 5) is 15.3. The summed E-state index contributed by atoms with van der Waals surface area (Å²) in [6, 6.07) is -0.347. The Morgan fingerprint density at radius 3 is 3.23 bits per heavy atom. The summed E-state index contributed by atoms with van der Waals surface area (Å²) in [6.45, 7) is 0.500. The molecule has 0 aromatic carbocycles. The Morgan fingerprint density at radius 1 is 1.77 bits per heavy atom. The maximum absolute atomic E-state index is 10.9. The van der Waals surface area contributed by atoms with E-state index in [1.165, 1.54) is 7.11 Å². The van der Waals surface area contributed by atoms with Crippen LogP contribution in [0.25, 0.3) is 0 Å². The lowest BCUT2D eigenvalue weighted by Crippen LogP contribution is -2.39. The van der Waals surface area contributed by atoms with Crippen LogP contribution in [-0.4, -0.2) is 25.8 Å². The molecular formula is C8H14N2O3. The van der Waals surface area contributed by atoms with Gasteiger partial charge >= 0.3 is 6.03 Å². The zero-order valence-corrected chi connectivity index (χ0v) is 7.58. The third-order valence-electron chi connectivity index (χ3n) is 1.71. The number of amides is 2. The predicted molar refractivity (Wildman–Crippen MR) is 46.8 cm³/mol. The van der Waals surface area contributed by atoms with Gasteiger partial charge in [-0.15, -0.1) is 0 Å². The molecule has 74 valence electrons. The first-order chi connectivity index (χ1) is 6.33. The molecular weight excluding hydrogens is 172 g/mol. The molecule has 0 aliphatic carbocycles. The monoisotopic (exact) mass is 186 g/mol. The second-order valence-electron chi connectivity index (χ2n) is 2.72. The number of rotatable bonds is 3. The maximum Gasteiger partial charge on any atom is 0.338 e. The lowest BCUT2D eigenvalue weighted by Gasteiger charge is -2.19. The van der Waals surface area contributed by atoms with Crippen molar-refractivity contribution in [1.82, 2.24) is 10.8 Å². The largest absolute Gasteiger partial charge is 0.497 e. The summed E-state index contributed by atoms with van der Waals surface area (Å²) in [5.41, 5.74) is 2.16. The Bertz CT molecular complexity index is 194. The molecule has 1 rings (SSSR count). The highest BCUT2D eigenvalue weighted by Crippen LogP contribution is 2.08. The minimum absolute atomic E-state index is 0.0765. The number of nitrogens with one attached hydrogen (secondary N) is 2. The van der Waals surface area contributed by atoms with E-state index >= 15 is 0 Å². The van der Waals surface area contributed by atoms with E-state index in [-0.39, 0.29) is 12.1 Å². The Labute approximate surface area is 77.0 Å². The van der Waals surface area contributed by atoms with Gasteiger partial charge in [0.1, 0.15) is 6.10 Å². The first-order valence-corrected chi connectivity index (χ1v) is 4.20. The molecule has 2 amide bonds. The van der Waals surface area contributed by atoms with E-state index in [1.54, 1.807) is 6.26 Å². The topological polar surface area (TPSA) is 59.6 Å². The van der Waals surface area contributed by atoms with Gasteiger partial charge in [-0.05, 0) is 18.9 Å². The summed E-state index contributed by atoms with van der Waals surface area (Å²) < 4.78 is 5.24. The molecule has 1 aliphatic heterocycles. The number of urea groups is 1. The number of allylic oxidation sites excluding steroid dienone is 1. The molecule has 1 aliphatic rings. The minimum atomic E-state index is -0.347. The van der Waals surface area contributed by atoms with Gasteiger partial charge in [0, 0.05) is 0 Å². The van der Waals surface area contributed by atoms with Crippen molar-refractivity contribution in [2.24, 2.45) is 0 Å². The minimum Gasteiger partial charge on any atom is -0.497 e. The van der Waals surface area contributed by atoms with Gasteiger partial charge < -0.3 is 10.1 Å². The van der Waals surface area contributed by atoms with Crippen LogP contribution in [0.4, 0.5) is 4.79 Å². The smallest absolute Gasteiger partial charge is 0.338 e. The molecule has 0 aromatic rings. The van der Waals surface area contributed by atoms with Gasteiger partial charge in [0.25, 0.3) is 0 Å². The molecule has 0 spiro atoms. The van der Waals surface area contributed by atoms with Crippen LogP contribution < -0.4 is 10.8 Å². The van der Waals surface area contributed by atoms with Gasteiger partial charge in [-0.1, -0.05) is 0 Å². The Morgan fingerprint density at radius 2 is 2.62 bits per heavy atom. The fourth-order valence-electron chi connectivity index (χ4n) is 1.07. The number of carbonyl (C=O) groups excluding carboxylic acids is 1. The third-order valence-corrected chi connectivity index (χ3v) is 1.71. The molecule has 13 heavy (non-hydrogen) atoms. The van der Waals surface area contributed by atoms with E-state index in [9.17, 15) is 4.79 Å². The quantitative estimate of drug-likeness (QED) is 0.632. The SMILES string of the molecule is CONC(=O)NCC1CCC=CO1. The van der Waals surface area contributed by atoms with Crippen LogP contribution in [0.15, 0.2) is 12.3 Å². The standard InChI is InChI=1S/C8H14N2O3/c1-12-10-8(11)9-6-7-4-2-3-5-13-7/h3,5,7H,2,4,6H2,1H3,(H2,9,10,11). The summed E-state index contributed by atoms with van der Waals surface area (Å²) in [5, 5.41) is 2.62. The average Bonchev–Trinajstić information content (AvgIpc) is 2.17. The Hall–Kier alpha value is -1.23. The van der Waals surface area contributed by atoms with Crippen LogP contribution in [0.1, 0.15) is 12.8 Å². The van der Waals surface area contributed by atoms with Crippen molar-refractivity contribution < 1.29 is 14.4 Å². The van der Waals surface area contributed by atoms with Crippen molar-refractivity contribution in [3.05, 3.63) is 12.3 Å². The van der Waals surface area contributed by atoms with Crippen molar-refractivity contribution in [2.75, 3.05) is 13.7 Å². The zero-order valence-electron chi connectivity index (χ0n) is 7.58. The van der Waals surface area contributed by atoms with Crippen molar-refractivity contribution in [1.29, 1.82) is 0 Å². The fourth-order valence-corrected chi connectivity index (χ4v) is 1.07. The van der Waals surface area contributed by atoms with Gasteiger partial charge in [-0.25, -0.2) is 10.3 Å². The molecule has 1 atom stereocenters. The summed E-state index contributed by atoms with van der Waals surface area (Å²) >= 11 is 0. The van der Waals surface area contributed by atoms with E-state index in [2.05, 4.69) is 15.6 Å². The maximum atomic E-state index is 10.9. The lowest BCUT2D eigenvalue weighted by atomic mass is 10.1. The number of carbonyl (C=O) groups is 1. The molecule has 0 aromatic heterocycles. The molecule has 5 heteroatoms. The van der Waals surface area contributed by atoms with Crippen LogP contribution in [0.3, 0.4) is 0 Å². The highest BCUT2D eigenvalue weighted by atomic mass is 16.6. The number of hydroxylamine groups is 1. The molecule has 2 N–H and O–H groups in total. The summed E-state index contributed by atoms with van der Waals surface area (Å²) in [7, 11) is 1.39. The van der Waals surface area contributed by atoms with E-state index in [4.69, 9.17) is 4.74 Å². The zero-order chi connectivity index (χ0) is 9.52. The first-order valence-electron chi connectivity index (χ1n) is 4.20. The second kappa shape index (κ2) is 5.42. The average molecular weight is 186 g/mol. The number of hydrogen-bond acceptors (Lipinski definition) is 3. The van der Waals surface area contributed by atoms with E-state index in [0.29, 0.717) is 6.54 Å². The second-order valence-corrected chi connectivity index (χ2v) is 2.72. The van der Waals surface area contributed by atoms with Crippen LogP contribution in [-0.2, 0) is 9.57 Å². The molecule has 1 heterocycles. The number of ether oxygens (including phenoxy) is 1. The molecule has 0 bridgehead atoms. The molecule has 0 fully saturated rings. The van der Waals surface area contributed by atoms with Gasteiger partial charge in [-0.2, -0.15) is 0 Å². The van der Waals surface area contributed by atoms with Crippen molar-refractivity contribution in [3.63, 3.8) is 0 Å². The first kappa shape index (κ1) is 9.85. The molecule has 0 saturated carbocycles. The molecule has 0 radical (unpaired) electrons. The highest BCUT2D eigenvalue weighted by molar-refractivity contribution is 5.72. The van der Waals surface area contributed by atoms with Crippen molar-refractivity contribution in [3.8, 4) is 0 Å². The molecule has 0 saturated heterocycles.